The number of hydrogen-bond donors (Lipinski definition) is 2. The molecule has 7 heteroatoms. The zero-order valence-electron chi connectivity index (χ0n) is 10.6. The molecule has 1 atom stereocenters. The average Bonchev–Trinajstić information content (AvgIpc) is 3.09. The first kappa shape index (κ1) is 13.2. The van der Waals surface area contributed by atoms with Gasteiger partial charge in [0, 0.05) is 12.6 Å². The predicted molar refractivity (Wildman–Crippen MR) is 69.6 cm³/mol. The van der Waals surface area contributed by atoms with Crippen LogP contribution < -0.4 is 11.0 Å². The molecule has 2 N–H and O–H groups in total. The van der Waals surface area contributed by atoms with Gasteiger partial charge in [0.15, 0.2) is 5.16 Å². The highest BCUT2D eigenvalue weighted by Gasteiger charge is 2.26. The number of hydrogen-bond acceptors (Lipinski definition) is 4. The van der Waals surface area contributed by atoms with E-state index in [0.29, 0.717) is 17.7 Å². The Bertz CT molecular complexity index is 478. The number of carbonyl (C=O) groups is 1. The lowest BCUT2D eigenvalue weighted by molar-refractivity contribution is -0.120. The summed E-state index contributed by atoms with van der Waals surface area (Å²) in [6, 6.07) is 0.359. The van der Waals surface area contributed by atoms with Crippen LogP contribution in [0, 0.1) is 0 Å². The molecule has 1 fully saturated rings. The van der Waals surface area contributed by atoms with Crippen LogP contribution in [0.25, 0.3) is 0 Å². The average molecular weight is 270 g/mol. The van der Waals surface area contributed by atoms with Gasteiger partial charge in [-0.25, -0.2) is 9.89 Å². The lowest BCUT2D eigenvalue weighted by Gasteiger charge is -2.11. The molecule has 1 aliphatic rings. The topological polar surface area (TPSA) is 79.8 Å². The molecule has 1 saturated carbocycles. The minimum Gasteiger partial charge on any atom is -0.352 e. The fourth-order valence-electron chi connectivity index (χ4n) is 1.57. The fourth-order valence-corrected chi connectivity index (χ4v) is 2.46. The van der Waals surface area contributed by atoms with Gasteiger partial charge < -0.3 is 5.32 Å². The molecular weight excluding hydrogens is 252 g/mol. The highest BCUT2D eigenvalue weighted by molar-refractivity contribution is 8.00. The normalized spacial score (nSPS) is 16.6. The lowest BCUT2D eigenvalue weighted by Crippen LogP contribution is -2.32. The second-order valence-corrected chi connectivity index (χ2v) is 5.81. The van der Waals surface area contributed by atoms with Crippen molar-refractivity contribution in [3.8, 4) is 0 Å². The molecule has 0 aliphatic heterocycles. The number of amides is 1. The molecular formula is C11H18N4O2S. The van der Waals surface area contributed by atoms with Gasteiger partial charge in [-0.2, -0.15) is 0 Å². The number of rotatable bonds is 6. The molecule has 6 nitrogen and oxygen atoms in total. The molecule has 1 aromatic rings. The van der Waals surface area contributed by atoms with Gasteiger partial charge in [0.25, 0.3) is 0 Å². The maximum atomic E-state index is 11.8. The fraction of sp³-hybridized carbons (Fsp3) is 0.727. The Balaban J connectivity index is 1.98. The second-order valence-electron chi connectivity index (χ2n) is 4.51. The van der Waals surface area contributed by atoms with Crippen molar-refractivity contribution in [1.82, 2.24) is 20.1 Å². The van der Waals surface area contributed by atoms with Gasteiger partial charge in [-0.05, 0) is 26.2 Å². The van der Waals surface area contributed by atoms with E-state index in [2.05, 4.69) is 15.5 Å². The third-order valence-corrected chi connectivity index (χ3v) is 3.84. The summed E-state index contributed by atoms with van der Waals surface area (Å²) in [5.41, 5.74) is -0.214. The number of carbonyl (C=O) groups excluding carboxylic acids is 1. The minimum atomic E-state index is -0.239. The molecule has 1 heterocycles. The molecule has 1 aromatic heterocycles. The second kappa shape index (κ2) is 5.60. The molecule has 0 unspecified atom stereocenters. The third kappa shape index (κ3) is 3.16. The number of thioether (sulfide) groups is 1. The molecule has 0 radical (unpaired) electrons. The Morgan fingerprint density at radius 3 is 3.00 bits per heavy atom. The summed E-state index contributed by atoms with van der Waals surface area (Å²) in [4.78, 5) is 23.3. The zero-order valence-corrected chi connectivity index (χ0v) is 11.4. The Morgan fingerprint density at radius 2 is 2.39 bits per heavy atom. The monoisotopic (exact) mass is 270 g/mol. The van der Waals surface area contributed by atoms with Gasteiger partial charge in [0.2, 0.25) is 5.91 Å². The van der Waals surface area contributed by atoms with Crippen LogP contribution in [-0.2, 0) is 11.3 Å². The Hall–Kier alpha value is -1.24. The van der Waals surface area contributed by atoms with Crippen LogP contribution in [0.3, 0.4) is 0 Å². The quantitative estimate of drug-likeness (QED) is 0.747. The van der Waals surface area contributed by atoms with Gasteiger partial charge in [-0.1, -0.05) is 18.7 Å². The van der Waals surface area contributed by atoms with Crippen LogP contribution in [0.1, 0.15) is 33.1 Å². The number of H-pyrrole nitrogens is 1. The predicted octanol–water partition coefficient (Wildman–Crippen LogP) is 0.741. The SMILES string of the molecule is CCCn1c(S[C@H](C)C(=O)NC2CC2)n[nH]c1=O. The van der Waals surface area contributed by atoms with Crippen LogP contribution in [-0.4, -0.2) is 32.0 Å². The summed E-state index contributed by atoms with van der Waals surface area (Å²) in [5, 5.41) is 9.68. The van der Waals surface area contributed by atoms with Crippen molar-refractivity contribution in [2.75, 3.05) is 0 Å². The Labute approximate surface area is 110 Å². The largest absolute Gasteiger partial charge is 0.352 e. The number of nitrogens with zero attached hydrogens (tertiary/aromatic N) is 2. The van der Waals surface area contributed by atoms with Gasteiger partial charge in [0.1, 0.15) is 0 Å². The van der Waals surface area contributed by atoms with Crippen molar-refractivity contribution in [3.05, 3.63) is 10.5 Å². The molecule has 18 heavy (non-hydrogen) atoms. The smallest absolute Gasteiger partial charge is 0.343 e. The van der Waals surface area contributed by atoms with Crippen molar-refractivity contribution in [2.24, 2.45) is 0 Å². The van der Waals surface area contributed by atoms with E-state index in [1.165, 1.54) is 11.8 Å². The number of aromatic nitrogens is 3. The summed E-state index contributed by atoms with van der Waals surface area (Å²) in [7, 11) is 0. The molecule has 100 valence electrons. The van der Waals surface area contributed by atoms with Crippen molar-refractivity contribution < 1.29 is 4.79 Å². The van der Waals surface area contributed by atoms with E-state index in [-0.39, 0.29) is 16.8 Å². The number of nitrogens with one attached hydrogen (secondary N) is 2. The summed E-state index contributed by atoms with van der Waals surface area (Å²) in [6.07, 6.45) is 3.01. The van der Waals surface area contributed by atoms with Crippen LogP contribution >= 0.6 is 11.8 Å². The first-order valence-electron chi connectivity index (χ1n) is 6.24. The summed E-state index contributed by atoms with van der Waals surface area (Å²) < 4.78 is 1.57. The van der Waals surface area contributed by atoms with Crippen molar-refractivity contribution in [3.63, 3.8) is 0 Å². The summed E-state index contributed by atoms with van der Waals surface area (Å²) >= 11 is 1.32. The van der Waals surface area contributed by atoms with Crippen LogP contribution in [0.15, 0.2) is 9.95 Å². The number of aromatic amines is 1. The zero-order chi connectivity index (χ0) is 13.1. The maximum absolute atomic E-state index is 11.8. The first-order chi connectivity index (χ1) is 8.61. The molecule has 1 amide bonds. The lowest BCUT2D eigenvalue weighted by atomic mass is 10.4. The third-order valence-electron chi connectivity index (χ3n) is 2.75. The van der Waals surface area contributed by atoms with Gasteiger partial charge in [-0.3, -0.25) is 9.36 Å². The molecule has 0 aromatic carbocycles. The van der Waals surface area contributed by atoms with E-state index in [9.17, 15) is 9.59 Å². The van der Waals surface area contributed by atoms with Gasteiger partial charge in [0.05, 0.1) is 5.25 Å². The minimum absolute atomic E-state index is 0.0148. The molecule has 0 saturated heterocycles. The van der Waals surface area contributed by atoms with E-state index >= 15 is 0 Å². The van der Waals surface area contributed by atoms with Crippen LogP contribution in [0.4, 0.5) is 0 Å². The van der Waals surface area contributed by atoms with E-state index < -0.39 is 0 Å². The van der Waals surface area contributed by atoms with E-state index in [1.54, 1.807) is 4.57 Å². The summed E-state index contributed by atoms with van der Waals surface area (Å²) in [6.45, 7) is 4.45. The Morgan fingerprint density at radius 1 is 1.67 bits per heavy atom. The summed E-state index contributed by atoms with van der Waals surface area (Å²) in [5.74, 6) is 0.0148. The van der Waals surface area contributed by atoms with Gasteiger partial charge >= 0.3 is 5.69 Å². The van der Waals surface area contributed by atoms with E-state index in [4.69, 9.17) is 0 Å². The molecule has 1 aliphatic carbocycles. The van der Waals surface area contributed by atoms with Crippen LogP contribution in [0.5, 0.6) is 0 Å². The first-order valence-corrected chi connectivity index (χ1v) is 7.12. The Kier molecular flexibility index (Phi) is 4.11. The molecule has 0 bridgehead atoms. The highest BCUT2D eigenvalue weighted by atomic mass is 32.2. The van der Waals surface area contributed by atoms with Crippen molar-refractivity contribution in [2.45, 2.75) is 56.1 Å². The van der Waals surface area contributed by atoms with Gasteiger partial charge in [-0.15, -0.1) is 5.10 Å². The van der Waals surface area contributed by atoms with E-state index in [1.807, 2.05) is 13.8 Å². The molecule has 2 rings (SSSR count). The maximum Gasteiger partial charge on any atom is 0.343 e. The van der Waals surface area contributed by atoms with Crippen molar-refractivity contribution in [1.29, 1.82) is 0 Å². The van der Waals surface area contributed by atoms with E-state index in [0.717, 1.165) is 19.3 Å². The van der Waals surface area contributed by atoms with Crippen LogP contribution in [0.2, 0.25) is 0 Å². The van der Waals surface area contributed by atoms with Crippen molar-refractivity contribution >= 4 is 17.7 Å². The highest BCUT2D eigenvalue weighted by Crippen LogP contribution is 2.23. The molecule has 0 spiro atoms. The standard InChI is InChI=1S/C11H18N4O2S/c1-3-6-15-10(17)13-14-11(15)18-7(2)9(16)12-8-4-5-8/h7-8H,3-6H2,1-2H3,(H,12,16)(H,13,17)/t7-/m1/s1.